The van der Waals surface area contributed by atoms with Crippen LogP contribution in [0.5, 0.6) is 0 Å². The molecule has 1 aliphatic heterocycles. The normalized spacial score (nSPS) is 23.1. The average Bonchev–Trinajstić information content (AvgIpc) is 2.24. The number of Topliss-reactive ketones (excluding diaryl/α,β-unsaturated/α-hetero) is 1. The van der Waals surface area contributed by atoms with Crippen molar-refractivity contribution < 1.29 is 4.79 Å². The van der Waals surface area contributed by atoms with Crippen LogP contribution in [0.1, 0.15) is 12.8 Å². The van der Waals surface area contributed by atoms with Gasteiger partial charge in [-0.1, -0.05) is 30.3 Å². The van der Waals surface area contributed by atoms with Crippen LogP contribution < -0.4 is 0 Å². The molecule has 1 aromatic carbocycles. The molecule has 0 saturated carbocycles. The number of carbonyl (C=O) groups is 1. The lowest BCUT2D eigenvalue weighted by atomic mass is 10.2. The van der Waals surface area contributed by atoms with Gasteiger partial charge in [-0.05, 0) is 22.7 Å². The Hall–Kier alpha value is -0.760. The quantitative estimate of drug-likeness (QED) is 0.693. The number of ketones is 1. The SMILES string of the molecule is CS1(c2ccccc2)CCC(=O)CC1. The molecule has 2 heteroatoms. The van der Waals surface area contributed by atoms with Crippen LogP contribution in [0.2, 0.25) is 0 Å². The summed E-state index contributed by atoms with van der Waals surface area (Å²) < 4.78 is 0. The van der Waals surface area contributed by atoms with Gasteiger partial charge in [0.2, 0.25) is 0 Å². The second-order valence-corrected chi connectivity index (χ2v) is 7.87. The Morgan fingerprint density at radius 3 is 2.21 bits per heavy atom. The summed E-state index contributed by atoms with van der Waals surface area (Å²) in [7, 11) is -0.673. The summed E-state index contributed by atoms with van der Waals surface area (Å²) in [6, 6.07) is 10.7. The molecule has 14 heavy (non-hydrogen) atoms. The van der Waals surface area contributed by atoms with Crippen LogP contribution in [0.3, 0.4) is 0 Å². The van der Waals surface area contributed by atoms with E-state index >= 15 is 0 Å². The van der Waals surface area contributed by atoms with Gasteiger partial charge < -0.3 is 0 Å². The average molecular weight is 208 g/mol. The van der Waals surface area contributed by atoms with E-state index in [0.29, 0.717) is 5.78 Å². The summed E-state index contributed by atoms with van der Waals surface area (Å²) in [6.45, 7) is 0. The molecule has 1 saturated heterocycles. The molecule has 0 aromatic heterocycles. The topological polar surface area (TPSA) is 17.1 Å². The molecule has 1 nitrogen and oxygen atoms in total. The van der Waals surface area contributed by atoms with E-state index in [1.165, 1.54) is 4.90 Å². The van der Waals surface area contributed by atoms with Crippen molar-refractivity contribution in [3.05, 3.63) is 30.3 Å². The van der Waals surface area contributed by atoms with Gasteiger partial charge in [-0.3, -0.25) is 4.79 Å². The summed E-state index contributed by atoms with van der Waals surface area (Å²) in [5.41, 5.74) is 0. The molecular formula is C12H16OS. The molecule has 0 amide bonds. The molecule has 76 valence electrons. The molecule has 1 heterocycles. The van der Waals surface area contributed by atoms with Gasteiger partial charge in [0.15, 0.2) is 0 Å². The minimum atomic E-state index is -0.673. The molecule has 1 fully saturated rings. The Kier molecular flexibility index (Phi) is 2.64. The third-order valence-corrected chi connectivity index (χ3v) is 6.60. The van der Waals surface area contributed by atoms with Crippen LogP contribution in [0.25, 0.3) is 0 Å². The fourth-order valence-corrected chi connectivity index (χ4v) is 4.74. The van der Waals surface area contributed by atoms with E-state index in [4.69, 9.17) is 0 Å². The van der Waals surface area contributed by atoms with E-state index in [0.717, 1.165) is 24.3 Å². The van der Waals surface area contributed by atoms with Crippen LogP contribution in [0.15, 0.2) is 35.2 Å². The molecule has 0 bridgehead atoms. The maximum Gasteiger partial charge on any atom is 0.134 e. The summed E-state index contributed by atoms with van der Waals surface area (Å²) >= 11 is 0. The third kappa shape index (κ3) is 1.85. The van der Waals surface area contributed by atoms with Crippen molar-refractivity contribution in [2.24, 2.45) is 0 Å². The van der Waals surface area contributed by atoms with Crippen LogP contribution in [0.4, 0.5) is 0 Å². The van der Waals surface area contributed by atoms with Crippen molar-refractivity contribution in [2.45, 2.75) is 17.7 Å². The van der Waals surface area contributed by atoms with E-state index in [1.807, 2.05) is 0 Å². The van der Waals surface area contributed by atoms with Crippen molar-refractivity contribution in [2.75, 3.05) is 17.8 Å². The maximum absolute atomic E-state index is 11.2. The van der Waals surface area contributed by atoms with E-state index < -0.39 is 10.0 Å². The molecule has 0 spiro atoms. The fourth-order valence-electron chi connectivity index (χ4n) is 1.89. The first-order chi connectivity index (χ1) is 6.71. The van der Waals surface area contributed by atoms with E-state index in [-0.39, 0.29) is 0 Å². The Morgan fingerprint density at radius 2 is 1.64 bits per heavy atom. The van der Waals surface area contributed by atoms with Gasteiger partial charge >= 0.3 is 0 Å². The van der Waals surface area contributed by atoms with Gasteiger partial charge in [0.1, 0.15) is 5.78 Å². The maximum atomic E-state index is 11.2. The minimum absolute atomic E-state index is 0.450. The molecule has 0 atom stereocenters. The Bertz CT molecular complexity index is 321. The van der Waals surface area contributed by atoms with Gasteiger partial charge in [0, 0.05) is 12.8 Å². The van der Waals surface area contributed by atoms with E-state index in [9.17, 15) is 4.79 Å². The zero-order valence-corrected chi connectivity index (χ0v) is 9.35. The molecule has 1 aliphatic rings. The highest BCUT2D eigenvalue weighted by molar-refractivity contribution is 8.33. The molecule has 0 N–H and O–H groups in total. The number of carbonyl (C=O) groups excluding carboxylic acids is 1. The van der Waals surface area contributed by atoms with E-state index in [2.05, 4.69) is 36.6 Å². The van der Waals surface area contributed by atoms with Gasteiger partial charge in [-0.25, -0.2) is 10.0 Å². The zero-order valence-electron chi connectivity index (χ0n) is 8.53. The largest absolute Gasteiger partial charge is 0.300 e. The van der Waals surface area contributed by atoms with Crippen molar-refractivity contribution in [1.29, 1.82) is 0 Å². The van der Waals surface area contributed by atoms with Crippen molar-refractivity contribution in [1.82, 2.24) is 0 Å². The Morgan fingerprint density at radius 1 is 1.07 bits per heavy atom. The van der Waals surface area contributed by atoms with E-state index in [1.54, 1.807) is 0 Å². The Balaban J connectivity index is 2.21. The van der Waals surface area contributed by atoms with Crippen molar-refractivity contribution in [3.8, 4) is 0 Å². The monoisotopic (exact) mass is 208 g/mol. The highest BCUT2D eigenvalue weighted by atomic mass is 32.3. The van der Waals surface area contributed by atoms with Crippen molar-refractivity contribution in [3.63, 3.8) is 0 Å². The summed E-state index contributed by atoms with van der Waals surface area (Å²) in [5.74, 6) is 2.64. The first-order valence-electron chi connectivity index (χ1n) is 5.01. The second-order valence-electron chi connectivity index (χ2n) is 4.03. The highest BCUT2D eigenvalue weighted by Gasteiger charge is 2.26. The molecule has 1 aromatic rings. The highest BCUT2D eigenvalue weighted by Crippen LogP contribution is 2.55. The number of hydrogen-bond acceptors (Lipinski definition) is 1. The lowest BCUT2D eigenvalue weighted by molar-refractivity contribution is -0.118. The van der Waals surface area contributed by atoms with Gasteiger partial charge in [0.05, 0.1) is 0 Å². The number of rotatable bonds is 1. The molecule has 0 aliphatic carbocycles. The van der Waals surface area contributed by atoms with Gasteiger partial charge in [-0.2, -0.15) is 0 Å². The summed E-state index contributed by atoms with van der Waals surface area (Å²) in [4.78, 5) is 12.7. The zero-order chi connectivity index (χ0) is 10.0. The first-order valence-corrected chi connectivity index (χ1v) is 7.39. The van der Waals surface area contributed by atoms with Crippen LogP contribution in [-0.4, -0.2) is 23.5 Å². The standard InChI is InChI=1S/C12H16OS/c1-14(9-7-11(13)8-10-14)12-5-3-2-4-6-12/h2-6H,7-10H2,1H3. The summed E-state index contributed by atoms with van der Waals surface area (Å²) in [6.07, 6.45) is 3.94. The molecule has 0 radical (unpaired) electrons. The molecular weight excluding hydrogens is 192 g/mol. The number of benzene rings is 1. The lowest BCUT2D eigenvalue weighted by Crippen LogP contribution is -2.20. The van der Waals surface area contributed by atoms with Crippen molar-refractivity contribution >= 4 is 15.8 Å². The predicted octanol–water partition coefficient (Wildman–Crippen LogP) is 2.84. The van der Waals surface area contributed by atoms with Gasteiger partial charge in [0.25, 0.3) is 0 Å². The lowest BCUT2D eigenvalue weighted by Gasteiger charge is -2.39. The predicted molar refractivity (Wildman–Crippen MR) is 62.2 cm³/mol. The minimum Gasteiger partial charge on any atom is -0.300 e. The first kappa shape index (κ1) is 9.78. The Labute approximate surface area is 86.8 Å². The smallest absolute Gasteiger partial charge is 0.134 e. The number of hydrogen-bond donors (Lipinski definition) is 0. The van der Waals surface area contributed by atoms with Crippen LogP contribution in [0, 0.1) is 0 Å². The molecule has 2 rings (SSSR count). The summed E-state index contributed by atoms with van der Waals surface area (Å²) in [5, 5.41) is 0. The van der Waals surface area contributed by atoms with Crippen LogP contribution in [-0.2, 0) is 4.79 Å². The fraction of sp³-hybridized carbons (Fsp3) is 0.417. The van der Waals surface area contributed by atoms with Gasteiger partial charge in [-0.15, -0.1) is 0 Å². The third-order valence-electron chi connectivity index (χ3n) is 2.98. The molecule has 0 unspecified atom stereocenters. The second kappa shape index (κ2) is 3.77. The van der Waals surface area contributed by atoms with Crippen LogP contribution >= 0.6 is 10.0 Å².